The number of carbonyl (C=O) groups is 1. The van der Waals surface area contributed by atoms with E-state index in [-0.39, 0.29) is 40.4 Å². The smallest absolute Gasteiger partial charge is 0.338 e. The fraction of sp³-hybridized carbons (Fsp3) is 0.200. The summed E-state index contributed by atoms with van der Waals surface area (Å²) in [6, 6.07) is 9.97. The Hall–Kier alpha value is -4.48. The Kier molecular flexibility index (Phi) is 8.22. The van der Waals surface area contributed by atoms with Gasteiger partial charge in [-0.05, 0) is 26.0 Å². The summed E-state index contributed by atoms with van der Waals surface area (Å²) < 4.78 is 5.06. The maximum atomic E-state index is 12.7. The second kappa shape index (κ2) is 11.1. The topological polar surface area (TPSA) is 166 Å². The van der Waals surface area contributed by atoms with Crippen molar-refractivity contribution in [3.8, 4) is 0 Å². The number of nitrogens with zero attached hydrogens (tertiary/aromatic N) is 4. The molecule has 0 aliphatic heterocycles. The van der Waals surface area contributed by atoms with E-state index >= 15 is 0 Å². The number of esters is 1. The lowest BCUT2D eigenvalue weighted by molar-refractivity contribution is -0.385. The first-order chi connectivity index (χ1) is 15.3. The molecule has 0 fully saturated rings. The van der Waals surface area contributed by atoms with Gasteiger partial charge in [0.1, 0.15) is 6.04 Å². The molecule has 12 nitrogen and oxygen atoms in total. The molecule has 0 saturated heterocycles. The van der Waals surface area contributed by atoms with Gasteiger partial charge in [-0.25, -0.2) is 4.79 Å². The van der Waals surface area contributed by atoms with Crippen molar-refractivity contribution in [2.24, 2.45) is 10.3 Å². The lowest BCUT2D eigenvalue weighted by Gasteiger charge is -2.19. The van der Waals surface area contributed by atoms with Gasteiger partial charge in [-0.15, -0.1) is 4.91 Å². The first kappa shape index (κ1) is 23.8. The summed E-state index contributed by atoms with van der Waals surface area (Å²) in [6.07, 6.45) is 1.18. The van der Waals surface area contributed by atoms with E-state index in [1.54, 1.807) is 13.0 Å². The first-order valence-electron chi connectivity index (χ1n) is 9.28. The number of allylic oxidation sites excluding steroid dienone is 1. The Morgan fingerprint density at radius 1 is 1.09 bits per heavy atom. The van der Waals surface area contributed by atoms with Crippen molar-refractivity contribution in [2.45, 2.75) is 19.9 Å². The van der Waals surface area contributed by atoms with Crippen LogP contribution in [0.1, 0.15) is 31.0 Å². The maximum absolute atomic E-state index is 12.7. The van der Waals surface area contributed by atoms with E-state index in [1.165, 1.54) is 55.6 Å². The third kappa shape index (κ3) is 5.56. The van der Waals surface area contributed by atoms with Gasteiger partial charge in [-0.2, -0.15) is 0 Å². The molecule has 0 aliphatic rings. The molecule has 2 rings (SSSR count). The quantitative estimate of drug-likeness (QED) is 0.145. The highest BCUT2D eigenvalue weighted by molar-refractivity contribution is 5.92. The number of nitroso groups, excluding NO2 is 1. The van der Waals surface area contributed by atoms with Gasteiger partial charge in [-0.1, -0.05) is 24.3 Å². The van der Waals surface area contributed by atoms with Crippen LogP contribution in [0.25, 0.3) is 0 Å². The lowest BCUT2D eigenvalue weighted by atomic mass is 9.96. The molecule has 1 N–H and O–H groups in total. The molecule has 166 valence electrons. The van der Waals surface area contributed by atoms with Crippen LogP contribution in [-0.4, -0.2) is 28.6 Å². The second-order valence-electron chi connectivity index (χ2n) is 6.26. The van der Waals surface area contributed by atoms with E-state index in [2.05, 4.69) is 15.7 Å². The Labute approximate surface area is 181 Å². The number of nitro groups is 2. The van der Waals surface area contributed by atoms with Crippen LogP contribution in [0.3, 0.4) is 0 Å². The van der Waals surface area contributed by atoms with Crippen LogP contribution in [0.2, 0.25) is 0 Å². The summed E-state index contributed by atoms with van der Waals surface area (Å²) in [5.74, 6) is -0.885. The second-order valence-corrected chi connectivity index (χ2v) is 6.26. The zero-order valence-corrected chi connectivity index (χ0v) is 17.1. The minimum absolute atomic E-state index is 0.0123. The summed E-state index contributed by atoms with van der Waals surface area (Å²) in [5, 5.41) is 25.3. The highest BCUT2D eigenvalue weighted by Crippen LogP contribution is 2.32. The summed E-state index contributed by atoms with van der Waals surface area (Å²) >= 11 is 0. The Bertz CT molecular complexity index is 1100. The molecule has 0 spiro atoms. The Balaban J connectivity index is 2.67. The largest absolute Gasteiger partial charge is 0.463 e. The predicted octanol–water partition coefficient (Wildman–Crippen LogP) is 3.77. The van der Waals surface area contributed by atoms with E-state index in [1.807, 2.05) is 0 Å². The molecule has 1 atom stereocenters. The molecule has 0 radical (unpaired) electrons. The number of benzene rings is 2. The van der Waals surface area contributed by atoms with E-state index in [0.29, 0.717) is 0 Å². The molecule has 0 bridgehead atoms. The molecule has 0 saturated carbocycles. The van der Waals surface area contributed by atoms with Crippen molar-refractivity contribution in [3.05, 3.63) is 96.1 Å². The van der Waals surface area contributed by atoms with Crippen molar-refractivity contribution >= 4 is 23.6 Å². The minimum atomic E-state index is -1.35. The van der Waals surface area contributed by atoms with Gasteiger partial charge in [0.05, 0.1) is 44.1 Å². The predicted molar refractivity (Wildman–Crippen MR) is 115 cm³/mol. The standard InChI is InChI=1S/C20H19N5O7/c1-3-32-20(26)18(13(2)21-12-14-8-4-6-10-16(14)24(28)29)19(22-23-27)15-9-5-7-11-17(15)25(30)31/h4-12,19H,3H2,1-2H3,(H,22,27)/b18-13-,21-12?/t19-/m1/s1. The van der Waals surface area contributed by atoms with Gasteiger partial charge in [0.25, 0.3) is 11.4 Å². The normalized spacial score (nSPS) is 12.6. The average molecular weight is 441 g/mol. The van der Waals surface area contributed by atoms with Crippen molar-refractivity contribution in [1.82, 2.24) is 5.43 Å². The Morgan fingerprint density at radius 3 is 2.28 bits per heavy atom. The lowest BCUT2D eigenvalue weighted by Crippen LogP contribution is -2.25. The first-order valence-corrected chi connectivity index (χ1v) is 9.28. The average Bonchev–Trinajstić information content (AvgIpc) is 2.77. The van der Waals surface area contributed by atoms with Crippen molar-refractivity contribution in [2.75, 3.05) is 6.61 Å². The summed E-state index contributed by atoms with van der Waals surface area (Å²) in [6.45, 7) is 2.96. The number of ether oxygens (including phenoxy) is 1. The molecular weight excluding hydrogens is 422 g/mol. The number of hydrogen-bond acceptors (Lipinski definition) is 9. The van der Waals surface area contributed by atoms with Gasteiger partial charge in [0, 0.05) is 18.3 Å². The van der Waals surface area contributed by atoms with Gasteiger partial charge in [0.2, 0.25) is 0 Å². The van der Waals surface area contributed by atoms with E-state index in [9.17, 15) is 29.9 Å². The van der Waals surface area contributed by atoms with Crippen LogP contribution < -0.4 is 5.43 Å². The fourth-order valence-corrected chi connectivity index (χ4v) is 2.92. The number of carbonyl (C=O) groups excluding carboxylic acids is 1. The molecule has 2 aromatic rings. The molecule has 0 unspecified atom stereocenters. The van der Waals surface area contributed by atoms with Crippen molar-refractivity contribution in [3.63, 3.8) is 0 Å². The molecule has 0 aliphatic carbocycles. The van der Waals surface area contributed by atoms with Crippen molar-refractivity contribution in [1.29, 1.82) is 0 Å². The molecule has 0 amide bonds. The number of para-hydroxylation sites is 2. The van der Waals surface area contributed by atoms with Gasteiger partial charge in [0.15, 0.2) is 0 Å². The zero-order chi connectivity index (χ0) is 23.7. The Morgan fingerprint density at radius 2 is 1.69 bits per heavy atom. The number of hydrogen-bond donors (Lipinski definition) is 1. The third-order valence-corrected chi connectivity index (χ3v) is 4.33. The van der Waals surface area contributed by atoms with Crippen LogP contribution >= 0.6 is 0 Å². The fourth-order valence-electron chi connectivity index (χ4n) is 2.92. The molecule has 32 heavy (non-hydrogen) atoms. The maximum Gasteiger partial charge on any atom is 0.338 e. The molecule has 12 heteroatoms. The van der Waals surface area contributed by atoms with Crippen molar-refractivity contribution < 1.29 is 19.4 Å². The number of nitrogens with one attached hydrogen (secondary N) is 1. The summed E-state index contributed by atoms with van der Waals surface area (Å²) in [4.78, 5) is 49.4. The zero-order valence-electron chi connectivity index (χ0n) is 17.1. The van der Waals surface area contributed by atoms with Gasteiger partial charge in [-0.3, -0.25) is 30.6 Å². The number of rotatable bonds is 10. The molecular formula is C20H19N5O7. The van der Waals surface area contributed by atoms with E-state index in [4.69, 9.17) is 4.74 Å². The van der Waals surface area contributed by atoms with Gasteiger partial charge < -0.3 is 4.74 Å². The third-order valence-electron chi connectivity index (χ3n) is 4.33. The van der Waals surface area contributed by atoms with Gasteiger partial charge >= 0.3 is 5.97 Å². The molecule has 0 heterocycles. The van der Waals surface area contributed by atoms with Crippen LogP contribution in [0.15, 0.2) is 70.1 Å². The van der Waals surface area contributed by atoms with Crippen LogP contribution in [0.4, 0.5) is 11.4 Å². The minimum Gasteiger partial charge on any atom is -0.463 e. The van der Waals surface area contributed by atoms with Crippen LogP contribution in [-0.2, 0) is 9.53 Å². The summed E-state index contributed by atoms with van der Waals surface area (Å²) in [7, 11) is 0. The highest BCUT2D eigenvalue weighted by Gasteiger charge is 2.31. The van der Waals surface area contributed by atoms with Crippen LogP contribution in [0, 0.1) is 25.1 Å². The molecule has 2 aromatic carbocycles. The number of aliphatic imine (C=N–C) groups is 1. The van der Waals surface area contributed by atoms with E-state index < -0.39 is 21.9 Å². The van der Waals surface area contributed by atoms with E-state index in [0.717, 1.165) is 0 Å². The SMILES string of the molecule is CCOC(=O)/C(=C(/C)N=Cc1ccccc1[N+](=O)[O-])[C@H](NN=O)c1ccccc1[N+](=O)[O-]. The highest BCUT2D eigenvalue weighted by atomic mass is 16.6. The molecule has 0 aromatic heterocycles. The summed E-state index contributed by atoms with van der Waals surface area (Å²) in [5.41, 5.74) is 1.57. The monoisotopic (exact) mass is 441 g/mol. The van der Waals surface area contributed by atoms with Crippen LogP contribution in [0.5, 0.6) is 0 Å². The number of nitro benzene ring substituents is 2.